The highest BCUT2D eigenvalue weighted by Gasteiger charge is 2.32. The van der Waals surface area contributed by atoms with Gasteiger partial charge in [-0.15, -0.1) is 0 Å². The molecule has 0 aromatic heterocycles. The molecular weight excluding hydrogens is 158 g/mol. The Balaban J connectivity index is 2.15. The van der Waals surface area contributed by atoms with Gasteiger partial charge in [0.1, 0.15) is 0 Å². The Morgan fingerprint density at radius 3 is 2.50 bits per heavy atom. The molecule has 0 aromatic rings. The maximum atomic E-state index is 10.9. The molecule has 70 valence electrons. The van der Waals surface area contributed by atoms with Crippen LogP contribution in [0.2, 0.25) is 0 Å². The van der Waals surface area contributed by atoms with E-state index in [4.69, 9.17) is 4.74 Å². The normalized spacial score (nSPS) is 17.8. The lowest BCUT2D eigenvalue weighted by Crippen LogP contribution is -2.55. The fourth-order valence-electron chi connectivity index (χ4n) is 1.19. The maximum Gasteiger partial charge on any atom is 0.409 e. The van der Waals surface area contributed by atoms with Gasteiger partial charge in [0.25, 0.3) is 0 Å². The van der Waals surface area contributed by atoms with Gasteiger partial charge < -0.3 is 14.4 Å². The van der Waals surface area contributed by atoms with Gasteiger partial charge >= 0.3 is 6.09 Å². The molecule has 1 heterocycles. The molecule has 12 heavy (non-hydrogen) atoms. The second-order valence-electron chi connectivity index (χ2n) is 3.18. The summed E-state index contributed by atoms with van der Waals surface area (Å²) in [7, 11) is 1.39. The number of likely N-dealkylation sites (tertiary alicyclic amines) is 1. The van der Waals surface area contributed by atoms with Crippen LogP contribution >= 0.6 is 0 Å². The third kappa shape index (κ3) is 2.11. The minimum absolute atomic E-state index is 0.198. The molecule has 1 aliphatic heterocycles. The fourth-order valence-corrected chi connectivity index (χ4v) is 1.19. The van der Waals surface area contributed by atoms with Crippen molar-refractivity contribution in [1.29, 1.82) is 0 Å². The number of ether oxygens (including phenoxy) is 2. The van der Waals surface area contributed by atoms with E-state index in [1.165, 1.54) is 7.11 Å². The summed E-state index contributed by atoms with van der Waals surface area (Å²) in [5.41, 5.74) is 0. The molecule has 1 fully saturated rings. The summed E-state index contributed by atoms with van der Waals surface area (Å²) in [6, 6.07) is 0. The average molecular weight is 173 g/mol. The van der Waals surface area contributed by atoms with Crippen LogP contribution in [0, 0.1) is 0 Å². The SMILES string of the molecule is COC(=O)N1CC(OC(C)C)C1. The van der Waals surface area contributed by atoms with Crippen molar-refractivity contribution < 1.29 is 14.3 Å². The van der Waals surface area contributed by atoms with Crippen LogP contribution in [0.1, 0.15) is 13.8 Å². The highest BCUT2D eigenvalue weighted by atomic mass is 16.5. The molecule has 4 heteroatoms. The Morgan fingerprint density at radius 2 is 2.08 bits per heavy atom. The van der Waals surface area contributed by atoms with E-state index in [1.54, 1.807) is 4.90 Å². The first-order valence-corrected chi connectivity index (χ1v) is 4.12. The van der Waals surface area contributed by atoms with Crippen LogP contribution < -0.4 is 0 Å². The second-order valence-corrected chi connectivity index (χ2v) is 3.18. The van der Waals surface area contributed by atoms with E-state index in [0.717, 1.165) is 0 Å². The first kappa shape index (κ1) is 9.32. The largest absolute Gasteiger partial charge is 0.453 e. The van der Waals surface area contributed by atoms with Gasteiger partial charge in [0.2, 0.25) is 0 Å². The van der Waals surface area contributed by atoms with E-state index < -0.39 is 0 Å². The number of nitrogens with zero attached hydrogens (tertiary/aromatic N) is 1. The number of hydrogen-bond donors (Lipinski definition) is 0. The number of carbonyl (C=O) groups is 1. The van der Waals surface area contributed by atoms with Crippen molar-refractivity contribution in [2.75, 3.05) is 20.2 Å². The summed E-state index contributed by atoms with van der Waals surface area (Å²) in [6.07, 6.45) is 0.164. The molecular formula is C8H15NO3. The van der Waals surface area contributed by atoms with E-state index >= 15 is 0 Å². The van der Waals surface area contributed by atoms with Crippen molar-refractivity contribution in [2.45, 2.75) is 26.1 Å². The smallest absolute Gasteiger partial charge is 0.409 e. The molecule has 0 aliphatic carbocycles. The van der Waals surface area contributed by atoms with E-state index in [9.17, 15) is 4.79 Å². The Hall–Kier alpha value is -0.770. The first-order valence-electron chi connectivity index (χ1n) is 4.12. The predicted octanol–water partition coefficient (Wildman–Crippen LogP) is 0.862. The lowest BCUT2D eigenvalue weighted by atomic mass is 10.2. The van der Waals surface area contributed by atoms with Crippen LogP contribution in [0.3, 0.4) is 0 Å². The Bertz CT molecular complexity index is 164. The van der Waals surface area contributed by atoms with Crippen LogP contribution in [-0.2, 0) is 9.47 Å². The van der Waals surface area contributed by atoms with Crippen molar-refractivity contribution in [1.82, 2.24) is 4.90 Å². The minimum Gasteiger partial charge on any atom is -0.453 e. The number of amides is 1. The summed E-state index contributed by atoms with van der Waals surface area (Å²) in [5, 5.41) is 0. The van der Waals surface area contributed by atoms with Gasteiger partial charge in [-0.05, 0) is 13.8 Å². The number of carbonyl (C=O) groups excluding carboxylic acids is 1. The van der Waals surface area contributed by atoms with Gasteiger partial charge in [-0.2, -0.15) is 0 Å². The molecule has 0 aromatic carbocycles. The quantitative estimate of drug-likeness (QED) is 0.621. The lowest BCUT2D eigenvalue weighted by Gasteiger charge is -2.38. The van der Waals surface area contributed by atoms with Crippen molar-refractivity contribution in [3.05, 3.63) is 0 Å². The lowest BCUT2D eigenvalue weighted by molar-refractivity contribution is -0.0725. The third-order valence-electron chi connectivity index (χ3n) is 1.75. The van der Waals surface area contributed by atoms with Gasteiger partial charge in [-0.1, -0.05) is 0 Å². The summed E-state index contributed by atoms with van der Waals surface area (Å²) < 4.78 is 10.0. The monoisotopic (exact) mass is 173 g/mol. The van der Waals surface area contributed by atoms with Crippen LogP contribution in [-0.4, -0.2) is 43.4 Å². The molecule has 0 saturated carbocycles. The van der Waals surface area contributed by atoms with E-state index in [-0.39, 0.29) is 18.3 Å². The molecule has 1 saturated heterocycles. The summed E-state index contributed by atoms with van der Waals surface area (Å²) >= 11 is 0. The van der Waals surface area contributed by atoms with Gasteiger partial charge in [0, 0.05) is 0 Å². The fraction of sp³-hybridized carbons (Fsp3) is 0.875. The highest BCUT2D eigenvalue weighted by Crippen LogP contribution is 2.13. The van der Waals surface area contributed by atoms with Crippen LogP contribution in [0.4, 0.5) is 4.79 Å². The second kappa shape index (κ2) is 3.76. The molecule has 0 atom stereocenters. The highest BCUT2D eigenvalue weighted by molar-refractivity contribution is 5.68. The molecule has 1 amide bonds. The maximum absolute atomic E-state index is 10.9. The molecule has 0 radical (unpaired) electrons. The Kier molecular flexibility index (Phi) is 2.92. The van der Waals surface area contributed by atoms with Crippen molar-refractivity contribution in [2.24, 2.45) is 0 Å². The van der Waals surface area contributed by atoms with E-state index in [0.29, 0.717) is 13.1 Å². The molecule has 0 unspecified atom stereocenters. The predicted molar refractivity (Wildman–Crippen MR) is 44.0 cm³/mol. The number of methoxy groups -OCH3 is 1. The molecule has 0 bridgehead atoms. The molecule has 4 nitrogen and oxygen atoms in total. The van der Waals surface area contributed by atoms with Crippen LogP contribution in [0.25, 0.3) is 0 Å². The number of hydrogen-bond acceptors (Lipinski definition) is 3. The zero-order valence-corrected chi connectivity index (χ0v) is 7.74. The van der Waals surface area contributed by atoms with E-state index in [1.807, 2.05) is 13.8 Å². The van der Waals surface area contributed by atoms with Crippen molar-refractivity contribution in [3.63, 3.8) is 0 Å². The van der Waals surface area contributed by atoms with E-state index in [2.05, 4.69) is 4.74 Å². The average Bonchev–Trinajstić information content (AvgIpc) is 1.94. The minimum atomic E-state index is -0.265. The van der Waals surface area contributed by atoms with Crippen molar-refractivity contribution in [3.8, 4) is 0 Å². The van der Waals surface area contributed by atoms with Gasteiger partial charge in [-0.3, -0.25) is 0 Å². The molecule has 1 aliphatic rings. The molecule has 1 rings (SSSR count). The standard InChI is InChI=1S/C8H15NO3/c1-6(2)12-7-4-9(5-7)8(10)11-3/h6-7H,4-5H2,1-3H3. The summed E-state index contributed by atoms with van der Waals surface area (Å²) in [6.45, 7) is 5.29. The zero-order chi connectivity index (χ0) is 9.14. The molecule has 0 N–H and O–H groups in total. The van der Waals surface area contributed by atoms with Gasteiger partial charge in [0.15, 0.2) is 0 Å². The number of rotatable bonds is 2. The zero-order valence-electron chi connectivity index (χ0n) is 7.74. The molecule has 0 spiro atoms. The Labute approximate surface area is 72.4 Å². The first-order chi connectivity index (χ1) is 5.63. The third-order valence-corrected chi connectivity index (χ3v) is 1.75. The van der Waals surface area contributed by atoms with Gasteiger partial charge in [-0.25, -0.2) is 4.79 Å². The summed E-state index contributed by atoms with van der Waals surface area (Å²) in [4.78, 5) is 12.5. The van der Waals surface area contributed by atoms with Gasteiger partial charge in [0.05, 0.1) is 32.4 Å². The van der Waals surface area contributed by atoms with Crippen LogP contribution in [0.5, 0.6) is 0 Å². The Morgan fingerprint density at radius 1 is 1.50 bits per heavy atom. The van der Waals surface area contributed by atoms with Crippen molar-refractivity contribution >= 4 is 6.09 Å². The van der Waals surface area contributed by atoms with Crippen LogP contribution in [0.15, 0.2) is 0 Å². The topological polar surface area (TPSA) is 38.8 Å². The summed E-state index contributed by atoms with van der Waals surface area (Å²) in [5.74, 6) is 0.